The summed E-state index contributed by atoms with van der Waals surface area (Å²) in [5.74, 6) is -3.54. The van der Waals surface area contributed by atoms with E-state index in [1.807, 2.05) is 6.92 Å². The van der Waals surface area contributed by atoms with Crippen LogP contribution in [0.4, 0.5) is 0 Å². The van der Waals surface area contributed by atoms with Crippen LogP contribution in [0.5, 0.6) is 5.75 Å². The zero-order valence-corrected chi connectivity index (χ0v) is 18.1. The van der Waals surface area contributed by atoms with Crippen LogP contribution in [0.25, 0.3) is 0 Å². The van der Waals surface area contributed by atoms with E-state index in [2.05, 4.69) is 10.6 Å². The Morgan fingerprint density at radius 1 is 0.906 bits per heavy atom. The van der Waals surface area contributed by atoms with Crippen LogP contribution in [-0.4, -0.2) is 52.5 Å². The van der Waals surface area contributed by atoms with Gasteiger partial charge in [-0.3, -0.25) is 24.0 Å². The number of esters is 1. The average Bonchev–Trinajstić information content (AvgIpc) is 2.74. The van der Waals surface area contributed by atoms with Gasteiger partial charge in [0.2, 0.25) is 11.8 Å². The van der Waals surface area contributed by atoms with Crippen molar-refractivity contribution >= 4 is 29.7 Å². The fourth-order valence-corrected chi connectivity index (χ4v) is 2.73. The number of carbonyl (C=O) groups excluding carboxylic acids is 3. The van der Waals surface area contributed by atoms with Crippen molar-refractivity contribution < 1.29 is 38.9 Å². The lowest BCUT2D eigenvalue weighted by Gasteiger charge is -2.19. The summed E-state index contributed by atoms with van der Waals surface area (Å²) in [5.41, 5.74) is 0.683. The number of rotatable bonds is 15. The van der Waals surface area contributed by atoms with Crippen molar-refractivity contribution in [2.24, 2.45) is 0 Å². The molecular weight excluding hydrogens is 420 g/mol. The van der Waals surface area contributed by atoms with Crippen molar-refractivity contribution in [3.05, 3.63) is 29.8 Å². The minimum atomic E-state index is -1.10. The van der Waals surface area contributed by atoms with Crippen molar-refractivity contribution in [3.63, 3.8) is 0 Å². The van der Waals surface area contributed by atoms with Crippen LogP contribution in [-0.2, 0) is 30.4 Å². The van der Waals surface area contributed by atoms with Crippen LogP contribution in [0, 0.1) is 0 Å². The van der Waals surface area contributed by atoms with E-state index in [-0.39, 0.29) is 43.8 Å². The van der Waals surface area contributed by atoms with Crippen molar-refractivity contribution in [1.29, 1.82) is 0 Å². The first-order chi connectivity index (χ1) is 15.2. The van der Waals surface area contributed by atoms with Gasteiger partial charge in [-0.15, -0.1) is 0 Å². The molecule has 4 N–H and O–H groups in total. The molecule has 10 nitrogen and oxygen atoms in total. The minimum absolute atomic E-state index is 0.158. The zero-order valence-electron chi connectivity index (χ0n) is 18.1. The Balaban J connectivity index is 2.74. The molecule has 0 radical (unpaired) electrons. The number of carboxylic acids is 2. The highest BCUT2D eigenvalue weighted by atomic mass is 16.5. The van der Waals surface area contributed by atoms with Crippen LogP contribution < -0.4 is 15.4 Å². The second-order valence-corrected chi connectivity index (χ2v) is 7.23. The third kappa shape index (κ3) is 11.7. The molecule has 0 aliphatic heterocycles. The Bertz CT molecular complexity index is 792. The highest BCUT2D eigenvalue weighted by Gasteiger charge is 2.21. The summed E-state index contributed by atoms with van der Waals surface area (Å²) in [7, 11) is 0. The van der Waals surface area contributed by atoms with E-state index in [0.717, 1.165) is 19.3 Å². The molecule has 1 aromatic rings. The molecule has 2 amide bonds. The standard InChI is InChI=1S/C22H30N2O8/c1-2-3-4-13-23-22(31)17(24-18(25)9-10-19(26)27)14-15-5-7-16(8-6-15)32-21(30)12-11-20(28)29/h5-8,17H,2-4,9-14H2,1H3,(H,23,31)(H,24,25)(H,26,27)(H,28,29)/t17-/m0/s1. The third-order valence-corrected chi connectivity index (χ3v) is 4.44. The van der Waals surface area contributed by atoms with Gasteiger partial charge in [0, 0.05) is 19.4 Å². The maximum absolute atomic E-state index is 12.6. The summed E-state index contributed by atoms with van der Waals surface area (Å²) in [6.45, 7) is 2.51. The number of benzene rings is 1. The van der Waals surface area contributed by atoms with Crippen LogP contribution in [0.1, 0.15) is 57.4 Å². The average molecular weight is 450 g/mol. The summed E-state index contributed by atoms with van der Waals surface area (Å²) in [4.78, 5) is 57.4. The zero-order chi connectivity index (χ0) is 23.9. The molecule has 0 saturated heterocycles. The van der Waals surface area contributed by atoms with E-state index in [0.29, 0.717) is 12.1 Å². The largest absolute Gasteiger partial charge is 0.481 e. The van der Waals surface area contributed by atoms with Gasteiger partial charge in [0.15, 0.2) is 0 Å². The van der Waals surface area contributed by atoms with Crippen molar-refractivity contribution in [2.45, 2.75) is 64.3 Å². The molecule has 1 aromatic carbocycles. The SMILES string of the molecule is CCCCCNC(=O)[C@H](Cc1ccc(OC(=O)CCC(=O)O)cc1)NC(=O)CCC(=O)O. The molecule has 0 bridgehead atoms. The lowest BCUT2D eigenvalue weighted by molar-refractivity contribution is -0.142. The van der Waals surface area contributed by atoms with Crippen molar-refractivity contribution in [1.82, 2.24) is 10.6 Å². The van der Waals surface area contributed by atoms with E-state index < -0.39 is 29.9 Å². The quantitative estimate of drug-likeness (QED) is 0.178. The summed E-state index contributed by atoms with van der Waals surface area (Å²) in [6, 6.07) is 5.38. The Labute approximate surface area is 186 Å². The lowest BCUT2D eigenvalue weighted by atomic mass is 10.0. The Hall–Kier alpha value is -3.43. The second-order valence-electron chi connectivity index (χ2n) is 7.23. The fourth-order valence-electron chi connectivity index (χ4n) is 2.73. The number of ether oxygens (including phenoxy) is 1. The van der Waals surface area contributed by atoms with E-state index in [1.165, 1.54) is 12.1 Å². The molecule has 0 saturated carbocycles. The molecule has 1 atom stereocenters. The molecule has 10 heteroatoms. The van der Waals surface area contributed by atoms with Crippen LogP contribution in [0.2, 0.25) is 0 Å². The van der Waals surface area contributed by atoms with Gasteiger partial charge in [0.1, 0.15) is 11.8 Å². The number of aliphatic carboxylic acids is 2. The first-order valence-corrected chi connectivity index (χ1v) is 10.5. The summed E-state index contributed by atoms with van der Waals surface area (Å²) >= 11 is 0. The van der Waals surface area contributed by atoms with E-state index >= 15 is 0 Å². The highest BCUT2D eigenvalue weighted by molar-refractivity contribution is 5.88. The third-order valence-electron chi connectivity index (χ3n) is 4.44. The van der Waals surface area contributed by atoms with Gasteiger partial charge in [-0.25, -0.2) is 0 Å². The van der Waals surface area contributed by atoms with E-state index in [4.69, 9.17) is 14.9 Å². The molecule has 0 aliphatic carbocycles. The Morgan fingerprint density at radius 2 is 1.53 bits per heavy atom. The van der Waals surface area contributed by atoms with Gasteiger partial charge in [-0.2, -0.15) is 0 Å². The van der Waals surface area contributed by atoms with Gasteiger partial charge in [0.05, 0.1) is 19.3 Å². The van der Waals surface area contributed by atoms with Gasteiger partial charge in [-0.05, 0) is 24.1 Å². The Morgan fingerprint density at radius 3 is 2.12 bits per heavy atom. The van der Waals surface area contributed by atoms with Gasteiger partial charge < -0.3 is 25.6 Å². The molecule has 0 unspecified atom stereocenters. The highest BCUT2D eigenvalue weighted by Crippen LogP contribution is 2.15. The fraction of sp³-hybridized carbons (Fsp3) is 0.500. The van der Waals surface area contributed by atoms with Gasteiger partial charge in [0.25, 0.3) is 0 Å². The van der Waals surface area contributed by atoms with Crippen molar-refractivity contribution in [2.75, 3.05) is 6.54 Å². The molecule has 0 aromatic heterocycles. The van der Waals surface area contributed by atoms with Crippen molar-refractivity contribution in [3.8, 4) is 5.75 Å². The molecular formula is C22H30N2O8. The minimum Gasteiger partial charge on any atom is -0.481 e. The molecule has 32 heavy (non-hydrogen) atoms. The first-order valence-electron chi connectivity index (χ1n) is 10.5. The molecule has 0 aliphatic rings. The molecule has 0 fully saturated rings. The van der Waals surface area contributed by atoms with Crippen LogP contribution >= 0.6 is 0 Å². The van der Waals surface area contributed by atoms with Crippen LogP contribution in [0.3, 0.4) is 0 Å². The number of unbranched alkanes of at least 4 members (excludes halogenated alkanes) is 2. The molecule has 176 valence electrons. The lowest BCUT2D eigenvalue weighted by Crippen LogP contribution is -2.48. The summed E-state index contributed by atoms with van der Waals surface area (Å²) < 4.78 is 5.06. The van der Waals surface area contributed by atoms with Crippen LogP contribution in [0.15, 0.2) is 24.3 Å². The topological polar surface area (TPSA) is 159 Å². The van der Waals surface area contributed by atoms with Gasteiger partial charge >= 0.3 is 17.9 Å². The summed E-state index contributed by atoms with van der Waals surface area (Å²) in [5, 5.41) is 22.7. The predicted octanol–water partition coefficient (Wildman–Crippen LogP) is 1.66. The smallest absolute Gasteiger partial charge is 0.311 e. The monoisotopic (exact) mass is 450 g/mol. The predicted molar refractivity (Wildman–Crippen MR) is 114 cm³/mol. The van der Waals surface area contributed by atoms with E-state index in [9.17, 15) is 24.0 Å². The molecule has 1 rings (SSSR count). The number of hydrogen-bond donors (Lipinski definition) is 4. The molecule has 0 spiro atoms. The maximum atomic E-state index is 12.6. The molecule has 0 heterocycles. The number of carboxylic acid groups (broad SMARTS) is 2. The number of carbonyl (C=O) groups is 5. The number of hydrogen-bond acceptors (Lipinski definition) is 6. The number of nitrogens with one attached hydrogen (secondary N) is 2. The number of amides is 2. The second kappa shape index (κ2) is 14.6. The van der Waals surface area contributed by atoms with Gasteiger partial charge in [-0.1, -0.05) is 31.9 Å². The first kappa shape index (κ1) is 26.6. The Kier molecular flexibility index (Phi) is 12.1. The normalized spacial score (nSPS) is 11.3. The summed E-state index contributed by atoms with van der Waals surface area (Å²) in [6.07, 6.45) is 1.78. The van der Waals surface area contributed by atoms with E-state index in [1.54, 1.807) is 12.1 Å². The maximum Gasteiger partial charge on any atom is 0.311 e.